The molecule has 11 heteroatoms. The summed E-state index contributed by atoms with van der Waals surface area (Å²) in [5, 5.41) is 21.7. The van der Waals surface area contributed by atoms with Gasteiger partial charge in [-0.2, -0.15) is 10.2 Å². The number of nitro benzene ring substituents is 1. The number of carbonyl (C=O) groups is 1. The van der Waals surface area contributed by atoms with Crippen LogP contribution >= 0.6 is 11.6 Å². The van der Waals surface area contributed by atoms with Gasteiger partial charge in [-0.05, 0) is 30.3 Å². The molecule has 10 nitrogen and oxygen atoms in total. The monoisotopic (exact) mass is 429 g/mol. The quantitative estimate of drug-likeness (QED) is 0.336. The maximum absolute atomic E-state index is 12.3. The number of halogens is 1. The number of nitrogens with one attached hydrogen (secondary N) is 2. The lowest BCUT2D eigenvalue weighted by atomic mass is 10.1. The van der Waals surface area contributed by atoms with Gasteiger partial charge in [0.15, 0.2) is 0 Å². The number of amides is 1. The third-order valence-electron chi connectivity index (χ3n) is 4.07. The standard InChI is InChI=1S/C19H16ClN5O5/c1-29-13-4-6-18(30-2)14(8-13)16-9-17(23-22-16)19(26)24-21-10-11-7-12(25(27)28)3-5-15(11)20/h3-10H,1-2H3,(H,22,23)(H,24,26). The smallest absolute Gasteiger partial charge is 0.289 e. The van der Waals surface area contributed by atoms with Gasteiger partial charge in [-0.25, -0.2) is 5.43 Å². The molecule has 0 spiro atoms. The maximum atomic E-state index is 12.3. The minimum atomic E-state index is -0.562. The van der Waals surface area contributed by atoms with Crippen LogP contribution in [0, 0.1) is 10.1 Å². The van der Waals surface area contributed by atoms with Crippen molar-refractivity contribution in [3.8, 4) is 22.8 Å². The molecule has 2 N–H and O–H groups in total. The van der Waals surface area contributed by atoms with Gasteiger partial charge in [0, 0.05) is 28.3 Å². The van der Waals surface area contributed by atoms with E-state index in [2.05, 4.69) is 20.7 Å². The molecule has 0 saturated heterocycles. The van der Waals surface area contributed by atoms with E-state index in [-0.39, 0.29) is 22.0 Å². The molecule has 154 valence electrons. The van der Waals surface area contributed by atoms with Crippen LogP contribution in [0.2, 0.25) is 5.02 Å². The van der Waals surface area contributed by atoms with Crippen LogP contribution < -0.4 is 14.9 Å². The molecule has 1 amide bonds. The van der Waals surface area contributed by atoms with Crippen molar-refractivity contribution in [1.82, 2.24) is 15.6 Å². The Kier molecular flexibility index (Phi) is 6.28. The number of non-ortho nitro benzene ring substituents is 1. The van der Waals surface area contributed by atoms with Crippen molar-refractivity contribution in [2.75, 3.05) is 14.2 Å². The van der Waals surface area contributed by atoms with Gasteiger partial charge < -0.3 is 9.47 Å². The minimum absolute atomic E-state index is 0.141. The number of aromatic amines is 1. The highest BCUT2D eigenvalue weighted by atomic mass is 35.5. The zero-order valence-electron chi connectivity index (χ0n) is 15.9. The van der Waals surface area contributed by atoms with Crippen LogP contribution in [0.3, 0.4) is 0 Å². The highest BCUT2D eigenvalue weighted by Gasteiger charge is 2.15. The molecule has 2 aromatic carbocycles. The Labute approximate surface area is 175 Å². The van der Waals surface area contributed by atoms with Crippen molar-refractivity contribution >= 4 is 29.4 Å². The Balaban J connectivity index is 1.76. The predicted molar refractivity (Wildman–Crippen MR) is 110 cm³/mol. The third-order valence-corrected chi connectivity index (χ3v) is 4.41. The molecule has 3 rings (SSSR count). The summed E-state index contributed by atoms with van der Waals surface area (Å²) in [6.45, 7) is 0. The van der Waals surface area contributed by atoms with Crippen molar-refractivity contribution in [2.45, 2.75) is 0 Å². The lowest BCUT2D eigenvalue weighted by molar-refractivity contribution is -0.384. The number of benzene rings is 2. The second-order valence-electron chi connectivity index (χ2n) is 5.90. The van der Waals surface area contributed by atoms with E-state index in [9.17, 15) is 14.9 Å². The summed E-state index contributed by atoms with van der Waals surface area (Å²) in [7, 11) is 3.07. The van der Waals surface area contributed by atoms with Crippen LogP contribution in [0.1, 0.15) is 16.1 Å². The first kappa shape index (κ1) is 20.8. The summed E-state index contributed by atoms with van der Waals surface area (Å²) in [5.74, 6) is 0.610. The second-order valence-corrected chi connectivity index (χ2v) is 6.30. The molecule has 0 atom stereocenters. The van der Waals surface area contributed by atoms with Crippen LogP contribution in [0.15, 0.2) is 47.6 Å². The van der Waals surface area contributed by atoms with E-state index in [1.165, 1.54) is 37.6 Å². The molecule has 0 radical (unpaired) electrons. The number of nitrogens with zero attached hydrogens (tertiary/aromatic N) is 3. The Hall–Kier alpha value is -3.92. The van der Waals surface area contributed by atoms with E-state index in [1.54, 1.807) is 25.3 Å². The number of H-pyrrole nitrogens is 1. The Bertz CT molecular complexity index is 1130. The number of methoxy groups -OCH3 is 2. The minimum Gasteiger partial charge on any atom is -0.497 e. The van der Waals surface area contributed by atoms with E-state index < -0.39 is 10.8 Å². The predicted octanol–water partition coefficient (Wildman–Crippen LogP) is 3.42. The molecule has 0 fully saturated rings. The average molecular weight is 430 g/mol. The fourth-order valence-corrected chi connectivity index (χ4v) is 2.72. The Morgan fingerprint density at radius 2 is 2.03 bits per heavy atom. The van der Waals surface area contributed by atoms with Gasteiger partial charge in [-0.1, -0.05) is 11.6 Å². The number of aromatic nitrogens is 2. The first-order valence-corrected chi connectivity index (χ1v) is 8.86. The molecule has 0 aliphatic rings. The fraction of sp³-hybridized carbons (Fsp3) is 0.105. The van der Waals surface area contributed by atoms with Gasteiger partial charge in [0.1, 0.15) is 17.2 Å². The van der Waals surface area contributed by atoms with E-state index in [0.29, 0.717) is 22.8 Å². The molecule has 0 unspecified atom stereocenters. The van der Waals surface area contributed by atoms with Crippen molar-refractivity contribution in [3.05, 3.63) is 68.9 Å². The fourth-order valence-electron chi connectivity index (χ4n) is 2.55. The van der Waals surface area contributed by atoms with Crippen LogP contribution in [0.25, 0.3) is 11.3 Å². The lowest BCUT2D eigenvalue weighted by Crippen LogP contribution is -2.18. The summed E-state index contributed by atoms with van der Waals surface area (Å²) in [5.41, 5.74) is 3.72. The zero-order chi connectivity index (χ0) is 21.7. The van der Waals surface area contributed by atoms with Gasteiger partial charge in [-0.3, -0.25) is 20.0 Å². The van der Waals surface area contributed by atoms with Gasteiger partial charge in [0.25, 0.3) is 11.6 Å². The number of hydrazone groups is 1. The van der Waals surface area contributed by atoms with Crippen molar-refractivity contribution in [3.63, 3.8) is 0 Å². The normalized spacial score (nSPS) is 10.8. The zero-order valence-corrected chi connectivity index (χ0v) is 16.6. The van der Waals surface area contributed by atoms with Crippen LogP contribution in [-0.2, 0) is 0 Å². The summed E-state index contributed by atoms with van der Waals surface area (Å²) in [4.78, 5) is 22.6. The van der Waals surface area contributed by atoms with E-state index in [0.717, 1.165) is 0 Å². The summed E-state index contributed by atoms with van der Waals surface area (Å²) >= 11 is 5.99. The molecule has 0 aliphatic heterocycles. The molecular formula is C19H16ClN5O5. The molecule has 0 aliphatic carbocycles. The second kappa shape index (κ2) is 9.05. The molecular weight excluding hydrogens is 414 g/mol. The number of nitro groups is 1. The van der Waals surface area contributed by atoms with Crippen LogP contribution in [0.4, 0.5) is 5.69 Å². The van der Waals surface area contributed by atoms with E-state index in [1.807, 2.05) is 0 Å². The van der Waals surface area contributed by atoms with Crippen LogP contribution in [-0.4, -0.2) is 41.5 Å². The van der Waals surface area contributed by atoms with Gasteiger partial charge in [0.2, 0.25) is 0 Å². The molecule has 0 saturated carbocycles. The van der Waals surface area contributed by atoms with Crippen LogP contribution in [0.5, 0.6) is 11.5 Å². The highest BCUT2D eigenvalue weighted by Crippen LogP contribution is 2.32. The SMILES string of the molecule is COc1ccc(OC)c(-c2cc(C(=O)NN=Cc3cc([N+](=O)[O-])ccc3Cl)[nH]n2)c1. The lowest BCUT2D eigenvalue weighted by Gasteiger charge is -2.08. The molecule has 1 aromatic heterocycles. The number of carbonyl (C=O) groups excluding carboxylic acids is 1. The Morgan fingerprint density at radius 1 is 1.23 bits per heavy atom. The summed E-state index contributed by atoms with van der Waals surface area (Å²) in [6.07, 6.45) is 1.22. The number of rotatable bonds is 7. The first-order chi connectivity index (χ1) is 14.4. The van der Waals surface area contributed by atoms with Gasteiger partial charge >= 0.3 is 0 Å². The Morgan fingerprint density at radius 3 is 2.73 bits per heavy atom. The topological polar surface area (TPSA) is 132 Å². The maximum Gasteiger partial charge on any atom is 0.289 e. The molecule has 1 heterocycles. The summed E-state index contributed by atoms with van der Waals surface area (Å²) in [6, 6.07) is 10.7. The highest BCUT2D eigenvalue weighted by molar-refractivity contribution is 6.33. The van der Waals surface area contributed by atoms with Crippen molar-refractivity contribution in [2.24, 2.45) is 5.10 Å². The number of hydrogen-bond acceptors (Lipinski definition) is 7. The number of hydrogen-bond donors (Lipinski definition) is 2. The van der Waals surface area contributed by atoms with Crippen molar-refractivity contribution < 1.29 is 19.2 Å². The molecule has 3 aromatic rings. The van der Waals surface area contributed by atoms with Crippen molar-refractivity contribution in [1.29, 1.82) is 0 Å². The average Bonchev–Trinajstić information content (AvgIpc) is 3.24. The molecule has 0 bridgehead atoms. The van der Waals surface area contributed by atoms with Gasteiger partial charge in [0.05, 0.1) is 31.1 Å². The van der Waals surface area contributed by atoms with Gasteiger partial charge in [-0.15, -0.1) is 0 Å². The summed E-state index contributed by atoms with van der Waals surface area (Å²) < 4.78 is 10.5. The third kappa shape index (κ3) is 4.55. The van der Waals surface area contributed by atoms with E-state index >= 15 is 0 Å². The molecule has 30 heavy (non-hydrogen) atoms. The first-order valence-electron chi connectivity index (χ1n) is 8.48. The van der Waals surface area contributed by atoms with E-state index in [4.69, 9.17) is 21.1 Å². The largest absolute Gasteiger partial charge is 0.497 e. The number of ether oxygens (including phenoxy) is 2.